The Labute approximate surface area is 153 Å². The van der Waals surface area contributed by atoms with E-state index < -0.39 is 0 Å². The van der Waals surface area contributed by atoms with Gasteiger partial charge in [0.05, 0.1) is 23.5 Å². The Bertz CT molecular complexity index is 900. The summed E-state index contributed by atoms with van der Waals surface area (Å²) in [4.78, 5) is 17.1. The Morgan fingerprint density at radius 3 is 2.58 bits per heavy atom. The van der Waals surface area contributed by atoms with E-state index in [0.717, 1.165) is 42.6 Å². The first-order valence-corrected chi connectivity index (χ1v) is 9.04. The molecule has 0 radical (unpaired) electrons. The van der Waals surface area contributed by atoms with Gasteiger partial charge < -0.3 is 5.32 Å². The predicted molar refractivity (Wildman–Crippen MR) is 99.9 cm³/mol. The summed E-state index contributed by atoms with van der Waals surface area (Å²) in [6.45, 7) is 2.96. The number of rotatable bonds is 4. The van der Waals surface area contributed by atoms with Crippen LogP contribution in [0.5, 0.6) is 0 Å². The quantitative estimate of drug-likeness (QED) is 0.787. The highest BCUT2D eigenvalue weighted by atomic mass is 16.1. The van der Waals surface area contributed by atoms with Gasteiger partial charge in [-0.25, -0.2) is 0 Å². The van der Waals surface area contributed by atoms with E-state index in [1.165, 1.54) is 5.56 Å². The van der Waals surface area contributed by atoms with Gasteiger partial charge in [0.1, 0.15) is 0 Å². The molecule has 1 atom stereocenters. The van der Waals surface area contributed by atoms with Gasteiger partial charge in [0.25, 0.3) is 5.91 Å². The van der Waals surface area contributed by atoms with Crippen molar-refractivity contribution in [3.05, 3.63) is 82.9 Å². The van der Waals surface area contributed by atoms with Crippen molar-refractivity contribution in [1.29, 1.82) is 0 Å². The molecular weight excluding hydrogens is 324 g/mol. The highest BCUT2D eigenvalue weighted by molar-refractivity contribution is 5.95. The summed E-state index contributed by atoms with van der Waals surface area (Å²) < 4.78 is 1.96. The Balaban J connectivity index is 1.65. The van der Waals surface area contributed by atoms with Crippen molar-refractivity contribution < 1.29 is 4.79 Å². The summed E-state index contributed by atoms with van der Waals surface area (Å²) in [6.07, 6.45) is 8.35. The van der Waals surface area contributed by atoms with E-state index in [-0.39, 0.29) is 11.9 Å². The monoisotopic (exact) mass is 346 g/mol. The van der Waals surface area contributed by atoms with Crippen LogP contribution in [0.25, 0.3) is 0 Å². The number of hydrogen-bond acceptors (Lipinski definition) is 3. The first kappa shape index (κ1) is 16.5. The lowest BCUT2D eigenvalue weighted by molar-refractivity contribution is 0.0941. The number of carbonyl (C=O) groups excluding carboxylic acids is 1. The topological polar surface area (TPSA) is 59.8 Å². The van der Waals surface area contributed by atoms with Gasteiger partial charge in [0, 0.05) is 18.9 Å². The second kappa shape index (κ2) is 7.12. The molecule has 26 heavy (non-hydrogen) atoms. The number of aryl methyl sites for hydroxylation is 2. The van der Waals surface area contributed by atoms with Crippen LogP contribution in [0.4, 0.5) is 0 Å². The number of nitrogens with zero attached hydrogens (tertiary/aromatic N) is 3. The van der Waals surface area contributed by atoms with Crippen LogP contribution >= 0.6 is 0 Å². The normalized spacial score (nSPS) is 14.5. The smallest absolute Gasteiger partial charge is 0.255 e. The first-order valence-electron chi connectivity index (χ1n) is 9.04. The lowest BCUT2D eigenvalue weighted by atomic mass is 9.98. The predicted octanol–water partition coefficient (Wildman–Crippen LogP) is 3.44. The molecule has 1 aliphatic heterocycles. The van der Waals surface area contributed by atoms with Gasteiger partial charge in [-0.1, -0.05) is 29.8 Å². The minimum absolute atomic E-state index is 0.0736. The highest BCUT2D eigenvalue weighted by Crippen LogP contribution is 2.24. The van der Waals surface area contributed by atoms with Crippen molar-refractivity contribution in [2.75, 3.05) is 0 Å². The molecule has 0 aliphatic carbocycles. The fourth-order valence-corrected chi connectivity index (χ4v) is 3.49. The molecule has 3 aromatic rings. The summed E-state index contributed by atoms with van der Waals surface area (Å²) in [5, 5.41) is 7.59. The number of hydrogen-bond donors (Lipinski definition) is 1. The second-order valence-electron chi connectivity index (χ2n) is 6.78. The lowest BCUT2D eigenvalue weighted by Gasteiger charge is -2.21. The second-order valence-corrected chi connectivity index (χ2v) is 6.78. The van der Waals surface area contributed by atoms with Crippen LogP contribution < -0.4 is 5.32 Å². The van der Waals surface area contributed by atoms with Crippen LogP contribution in [-0.2, 0) is 13.0 Å². The zero-order valence-corrected chi connectivity index (χ0v) is 14.9. The maximum absolute atomic E-state index is 13.0. The molecule has 4 rings (SSSR count). The fourth-order valence-electron chi connectivity index (χ4n) is 3.49. The molecule has 0 saturated carbocycles. The maximum Gasteiger partial charge on any atom is 0.255 e. The standard InChI is InChI=1S/C21H22N4O/c1-15-5-7-16(8-6-15)20(17-9-11-22-12-10-17)24-21(26)18-14-23-25-13-3-2-4-19(18)25/h5-12,14,20H,2-4,13H2,1H3,(H,24,26). The van der Waals surface area contributed by atoms with Crippen molar-refractivity contribution in [2.24, 2.45) is 0 Å². The number of fused-ring (bicyclic) bond motifs is 1. The fraction of sp³-hybridized carbons (Fsp3) is 0.286. The summed E-state index contributed by atoms with van der Waals surface area (Å²) in [6, 6.07) is 11.9. The average Bonchev–Trinajstić information content (AvgIpc) is 3.12. The van der Waals surface area contributed by atoms with Gasteiger partial charge in [0.15, 0.2) is 0 Å². The van der Waals surface area contributed by atoms with E-state index in [0.29, 0.717) is 5.56 Å². The van der Waals surface area contributed by atoms with Crippen LogP contribution in [0.15, 0.2) is 55.0 Å². The lowest BCUT2D eigenvalue weighted by Crippen LogP contribution is -2.30. The number of aromatic nitrogens is 3. The van der Waals surface area contributed by atoms with Crippen LogP contribution in [0.2, 0.25) is 0 Å². The van der Waals surface area contributed by atoms with Crippen molar-refractivity contribution >= 4 is 5.91 Å². The summed E-state index contributed by atoms with van der Waals surface area (Å²) >= 11 is 0. The van der Waals surface area contributed by atoms with E-state index in [9.17, 15) is 4.79 Å². The number of amides is 1. The first-order chi connectivity index (χ1) is 12.7. The molecule has 1 aliphatic rings. The minimum atomic E-state index is -0.217. The third-order valence-corrected chi connectivity index (χ3v) is 4.95. The number of pyridine rings is 1. The van der Waals surface area contributed by atoms with Crippen LogP contribution in [0, 0.1) is 6.92 Å². The third kappa shape index (κ3) is 3.25. The van der Waals surface area contributed by atoms with Gasteiger partial charge in [-0.15, -0.1) is 0 Å². The number of carbonyl (C=O) groups is 1. The molecule has 132 valence electrons. The van der Waals surface area contributed by atoms with E-state index >= 15 is 0 Å². The van der Waals surface area contributed by atoms with Crippen LogP contribution in [0.3, 0.4) is 0 Å². The van der Waals surface area contributed by atoms with Gasteiger partial charge in [-0.2, -0.15) is 5.10 Å². The van der Waals surface area contributed by atoms with E-state index in [1.54, 1.807) is 18.6 Å². The molecule has 0 spiro atoms. The van der Waals surface area contributed by atoms with Crippen molar-refractivity contribution in [1.82, 2.24) is 20.1 Å². The molecule has 3 heterocycles. The maximum atomic E-state index is 13.0. The average molecular weight is 346 g/mol. The number of benzene rings is 1. The molecule has 0 saturated heterocycles. The summed E-state index contributed by atoms with van der Waals surface area (Å²) in [7, 11) is 0. The number of nitrogens with one attached hydrogen (secondary N) is 1. The van der Waals surface area contributed by atoms with E-state index in [1.807, 2.05) is 16.8 Å². The molecule has 5 heteroatoms. The molecule has 0 bridgehead atoms. The molecule has 1 aromatic carbocycles. The van der Waals surface area contributed by atoms with Gasteiger partial charge in [-0.3, -0.25) is 14.5 Å². The summed E-state index contributed by atoms with van der Waals surface area (Å²) in [5.74, 6) is -0.0736. The molecule has 5 nitrogen and oxygen atoms in total. The molecule has 1 N–H and O–H groups in total. The van der Waals surface area contributed by atoms with E-state index in [2.05, 4.69) is 46.6 Å². The third-order valence-electron chi connectivity index (χ3n) is 4.95. The van der Waals surface area contributed by atoms with Crippen molar-refractivity contribution in [2.45, 2.75) is 38.8 Å². The summed E-state index contributed by atoms with van der Waals surface area (Å²) in [5.41, 5.74) is 5.00. The van der Waals surface area contributed by atoms with Crippen molar-refractivity contribution in [3.8, 4) is 0 Å². The van der Waals surface area contributed by atoms with E-state index in [4.69, 9.17) is 0 Å². The molecule has 2 aromatic heterocycles. The minimum Gasteiger partial charge on any atom is -0.341 e. The van der Waals surface area contributed by atoms with Gasteiger partial charge in [-0.05, 0) is 49.4 Å². The Kier molecular flexibility index (Phi) is 4.52. The molecule has 1 amide bonds. The van der Waals surface area contributed by atoms with Crippen LogP contribution in [-0.4, -0.2) is 20.7 Å². The van der Waals surface area contributed by atoms with Gasteiger partial charge in [0.2, 0.25) is 0 Å². The molecule has 0 fully saturated rings. The zero-order chi connectivity index (χ0) is 17.9. The molecular formula is C21H22N4O. The Morgan fingerprint density at radius 2 is 1.81 bits per heavy atom. The molecule has 1 unspecified atom stereocenters. The Morgan fingerprint density at radius 1 is 1.08 bits per heavy atom. The SMILES string of the molecule is Cc1ccc(C(NC(=O)c2cnn3c2CCCC3)c2ccncc2)cc1. The van der Waals surface area contributed by atoms with Crippen LogP contribution in [0.1, 0.15) is 51.6 Å². The Hall–Kier alpha value is -2.95. The van der Waals surface area contributed by atoms with Gasteiger partial charge >= 0.3 is 0 Å². The largest absolute Gasteiger partial charge is 0.341 e. The zero-order valence-electron chi connectivity index (χ0n) is 14.9. The van der Waals surface area contributed by atoms with Crippen molar-refractivity contribution in [3.63, 3.8) is 0 Å². The highest BCUT2D eigenvalue weighted by Gasteiger charge is 2.23.